The number of Topliss-reactive ketones (excluding diaryl/α,β-unsaturated/α-hetero) is 1. The summed E-state index contributed by atoms with van der Waals surface area (Å²) in [6, 6.07) is 0.209. The van der Waals surface area contributed by atoms with Crippen molar-refractivity contribution in [3.8, 4) is 0 Å². The number of hydrogen-bond donors (Lipinski definition) is 1. The third kappa shape index (κ3) is 1.83. The number of likely N-dealkylation sites (tertiary alicyclic amines) is 1. The van der Waals surface area contributed by atoms with Gasteiger partial charge in [-0.3, -0.25) is 9.69 Å². The molecule has 15 heavy (non-hydrogen) atoms. The standard InChI is InChI=1S/C12H22N2O/c1-9-6-14(8-12(9,2)7-13)10-4-3-5-11(10)15/h9-10H,3-8,13H2,1-2H3. The van der Waals surface area contributed by atoms with Gasteiger partial charge < -0.3 is 5.73 Å². The second-order valence-electron chi connectivity index (χ2n) is 5.56. The predicted molar refractivity (Wildman–Crippen MR) is 60.5 cm³/mol. The summed E-state index contributed by atoms with van der Waals surface area (Å²) in [4.78, 5) is 14.1. The van der Waals surface area contributed by atoms with Gasteiger partial charge in [-0.25, -0.2) is 0 Å². The van der Waals surface area contributed by atoms with E-state index in [0.29, 0.717) is 11.7 Å². The summed E-state index contributed by atoms with van der Waals surface area (Å²) >= 11 is 0. The Labute approximate surface area is 92.0 Å². The van der Waals surface area contributed by atoms with Crippen molar-refractivity contribution in [3.05, 3.63) is 0 Å². The first-order valence-electron chi connectivity index (χ1n) is 6.03. The van der Waals surface area contributed by atoms with Gasteiger partial charge in [0.25, 0.3) is 0 Å². The van der Waals surface area contributed by atoms with Gasteiger partial charge in [0, 0.05) is 19.5 Å². The Bertz CT molecular complexity index is 266. The SMILES string of the molecule is CC1CN(C2CCCC2=O)CC1(C)CN. The second-order valence-corrected chi connectivity index (χ2v) is 5.56. The fraction of sp³-hybridized carbons (Fsp3) is 0.917. The summed E-state index contributed by atoms with van der Waals surface area (Å²) < 4.78 is 0. The minimum absolute atomic E-state index is 0.209. The molecule has 0 aromatic rings. The van der Waals surface area contributed by atoms with Crippen LogP contribution in [0.2, 0.25) is 0 Å². The maximum atomic E-state index is 11.7. The highest BCUT2D eigenvalue weighted by Crippen LogP contribution is 2.37. The van der Waals surface area contributed by atoms with Crippen LogP contribution in [0.25, 0.3) is 0 Å². The Morgan fingerprint density at radius 3 is 2.80 bits per heavy atom. The van der Waals surface area contributed by atoms with Crippen LogP contribution in [0.4, 0.5) is 0 Å². The van der Waals surface area contributed by atoms with Crippen molar-refractivity contribution in [1.82, 2.24) is 4.90 Å². The summed E-state index contributed by atoms with van der Waals surface area (Å²) in [7, 11) is 0. The minimum atomic E-state index is 0.209. The molecule has 0 amide bonds. The third-order valence-corrected chi connectivity index (χ3v) is 4.44. The van der Waals surface area contributed by atoms with Gasteiger partial charge in [0.15, 0.2) is 0 Å². The molecule has 86 valence electrons. The van der Waals surface area contributed by atoms with Crippen LogP contribution in [-0.4, -0.2) is 36.4 Å². The van der Waals surface area contributed by atoms with E-state index >= 15 is 0 Å². The first-order valence-corrected chi connectivity index (χ1v) is 6.03. The smallest absolute Gasteiger partial charge is 0.149 e. The van der Waals surface area contributed by atoms with Gasteiger partial charge in [-0.1, -0.05) is 13.8 Å². The highest BCUT2D eigenvalue weighted by atomic mass is 16.1. The molecule has 1 heterocycles. The number of ketones is 1. The Balaban J connectivity index is 2.05. The maximum absolute atomic E-state index is 11.7. The molecule has 3 heteroatoms. The van der Waals surface area contributed by atoms with Gasteiger partial charge in [-0.05, 0) is 30.7 Å². The van der Waals surface area contributed by atoms with Crippen LogP contribution >= 0.6 is 0 Å². The Morgan fingerprint density at radius 2 is 2.33 bits per heavy atom. The number of nitrogens with zero attached hydrogens (tertiary/aromatic N) is 1. The number of carbonyl (C=O) groups excluding carboxylic acids is 1. The average Bonchev–Trinajstić information content (AvgIpc) is 2.73. The molecule has 2 aliphatic rings. The van der Waals surface area contributed by atoms with E-state index in [2.05, 4.69) is 18.7 Å². The molecule has 0 aromatic carbocycles. The maximum Gasteiger partial charge on any atom is 0.149 e. The molecule has 0 bridgehead atoms. The molecule has 0 spiro atoms. The van der Waals surface area contributed by atoms with Crippen LogP contribution in [-0.2, 0) is 4.79 Å². The van der Waals surface area contributed by atoms with Crippen molar-refractivity contribution in [2.24, 2.45) is 17.1 Å². The van der Waals surface area contributed by atoms with E-state index < -0.39 is 0 Å². The summed E-state index contributed by atoms with van der Waals surface area (Å²) in [5.41, 5.74) is 6.05. The zero-order valence-corrected chi connectivity index (χ0v) is 9.83. The van der Waals surface area contributed by atoms with E-state index in [9.17, 15) is 4.79 Å². The molecule has 1 saturated carbocycles. The van der Waals surface area contributed by atoms with Gasteiger partial charge in [0.1, 0.15) is 5.78 Å². The van der Waals surface area contributed by atoms with Gasteiger partial charge in [-0.2, -0.15) is 0 Å². The van der Waals surface area contributed by atoms with Gasteiger partial charge in [-0.15, -0.1) is 0 Å². The minimum Gasteiger partial charge on any atom is -0.330 e. The lowest BCUT2D eigenvalue weighted by molar-refractivity contribution is -0.121. The van der Waals surface area contributed by atoms with Gasteiger partial charge in [0.05, 0.1) is 6.04 Å². The molecular formula is C12H22N2O. The van der Waals surface area contributed by atoms with E-state index in [-0.39, 0.29) is 11.5 Å². The number of carbonyl (C=O) groups is 1. The van der Waals surface area contributed by atoms with Crippen LogP contribution in [0.1, 0.15) is 33.1 Å². The normalized spacial score (nSPS) is 42.7. The van der Waals surface area contributed by atoms with E-state index in [1.807, 2.05) is 0 Å². The largest absolute Gasteiger partial charge is 0.330 e. The van der Waals surface area contributed by atoms with Crippen molar-refractivity contribution in [1.29, 1.82) is 0 Å². The van der Waals surface area contributed by atoms with Crippen LogP contribution in [0.15, 0.2) is 0 Å². The predicted octanol–water partition coefficient (Wildman–Crippen LogP) is 1.02. The first kappa shape index (κ1) is 11.1. The molecule has 3 unspecified atom stereocenters. The fourth-order valence-electron chi connectivity index (χ4n) is 2.94. The van der Waals surface area contributed by atoms with E-state index in [4.69, 9.17) is 5.73 Å². The molecule has 2 N–H and O–H groups in total. The van der Waals surface area contributed by atoms with Crippen molar-refractivity contribution in [2.75, 3.05) is 19.6 Å². The molecule has 1 saturated heterocycles. The van der Waals surface area contributed by atoms with Crippen LogP contribution in [0.5, 0.6) is 0 Å². The van der Waals surface area contributed by atoms with Gasteiger partial charge in [0.2, 0.25) is 0 Å². The lowest BCUT2D eigenvalue weighted by Crippen LogP contribution is -2.39. The van der Waals surface area contributed by atoms with Crippen molar-refractivity contribution in [2.45, 2.75) is 39.2 Å². The molecule has 3 nitrogen and oxygen atoms in total. The summed E-state index contributed by atoms with van der Waals surface area (Å²) in [6.07, 6.45) is 2.93. The highest BCUT2D eigenvalue weighted by Gasteiger charge is 2.43. The topological polar surface area (TPSA) is 46.3 Å². The zero-order valence-electron chi connectivity index (χ0n) is 9.83. The molecule has 1 aliphatic carbocycles. The third-order valence-electron chi connectivity index (χ3n) is 4.44. The molecule has 2 fully saturated rings. The highest BCUT2D eigenvalue weighted by molar-refractivity contribution is 5.85. The quantitative estimate of drug-likeness (QED) is 0.740. The van der Waals surface area contributed by atoms with E-state index in [1.54, 1.807) is 0 Å². The number of nitrogens with two attached hydrogens (primary N) is 1. The molecular weight excluding hydrogens is 188 g/mol. The lowest BCUT2D eigenvalue weighted by atomic mass is 9.81. The average molecular weight is 210 g/mol. The number of hydrogen-bond acceptors (Lipinski definition) is 3. The molecule has 3 atom stereocenters. The summed E-state index contributed by atoms with van der Waals surface area (Å²) in [5.74, 6) is 1.05. The van der Waals surface area contributed by atoms with Crippen LogP contribution in [0, 0.1) is 11.3 Å². The molecule has 0 radical (unpaired) electrons. The van der Waals surface area contributed by atoms with Crippen molar-refractivity contribution >= 4 is 5.78 Å². The van der Waals surface area contributed by atoms with Crippen LogP contribution < -0.4 is 5.73 Å². The first-order chi connectivity index (χ1) is 7.07. The summed E-state index contributed by atoms with van der Waals surface area (Å²) in [5, 5.41) is 0. The fourth-order valence-corrected chi connectivity index (χ4v) is 2.94. The second kappa shape index (κ2) is 3.87. The van der Waals surface area contributed by atoms with E-state index in [1.165, 1.54) is 0 Å². The molecule has 2 rings (SSSR count). The van der Waals surface area contributed by atoms with Crippen LogP contribution in [0.3, 0.4) is 0 Å². The summed E-state index contributed by atoms with van der Waals surface area (Å²) in [6.45, 7) is 7.28. The Kier molecular flexibility index (Phi) is 2.86. The Hall–Kier alpha value is -0.410. The van der Waals surface area contributed by atoms with E-state index in [0.717, 1.165) is 38.9 Å². The van der Waals surface area contributed by atoms with Crippen molar-refractivity contribution < 1.29 is 4.79 Å². The monoisotopic (exact) mass is 210 g/mol. The molecule has 0 aromatic heterocycles. The number of rotatable bonds is 2. The molecule has 1 aliphatic heterocycles. The Morgan fingerprint density at radius 1 is 1.60 bits per heavy atom. The lowest BCUT2D eigenvalue weighted by Gasteiger charge is -2.27. The van der Waals surface area contributed by atoms with Crippen molar-refractivity contribution in [3.63, 3.8) is 0 Å². The van der Waals surface area contributed by atoms with Gasteiger partial charge >= 0.3 is 0 Å². The zero-order chi connectivity index (χ0) is 11.1.